The van der Waals surface area contributed by atoms with Crippen LogP contribution in [0.15, 0.2) is 0 Å². The molecule has 0 spiro atoms. The van der Waals surface area contributed by atoms with Crippen molar-refractivity contribution >= 4 is 0 Å². The SMILES string of the molecule is N[C@H]1CCCN(C(F)(F)F)C1. The molecule has 11 heavy (non-hydrogen) atoms. The maximum atomic E-state index is 12.0. The zero-order chi connectivity index (χ0) is 8.48. The maximum Gasteiger partial charge on any atom is 0.459 e. The first-order valence-corrected chi connectivity index (χ1v) is 3.57. The Labute approximate surface area is 63.2 Å². The quantitative estimate of drug-likeness (QED) is 0.545. The van der Waals surface area contributed by atoms with Gasteiger partial charge in [0.05, 0.1) is 0 Å². The van der Waals surface area contributed by atoms with E-state index in [0.717, 1.165) is 0 Å². The number of piperidine rings is 1. The smallest absolute Gasteiger partial charge is 0.327 e. The lowest BCUT2D eigenvalue weighted by atomic mass is 10.1. The number of rotatable bonds is 0. The normalized spacial score (nSPS) is 28.9. The van der Waals surface area contributed by atoms with Crippen LogP contribution < -0.4 is 5.73 Å². The Morgan fingerprint density at radius 2 is 2.00 bits per heavy atom. The van der Waals surface area contributed by atoms with Crippen LogP contribution >= 0.6 is 0 Å². The van der Waals surface area contributed by atoms with E-state index in [4.69, 9.17) is 5.73 Å². The molecule has 1 atom stereocenters. The topological polar surface area (TPSA) is 29.3 Å². The molecule has 1 heterocycles. The Hall–Kier alpha value is -0.290. The molecule has 0 aromatic heterocycles. The number of alkyl halides is 3. The number of nitrogens with zero attached hydrogens (tertiary/aromatic N) is 1. The summed E-state index contributed by atoms with van der Waals surface area (Å²) in [5.41, 5.74) is 5.38. The zero-order valence-corrected chi connectivity index (χ0v) is 6.06. The van der Waals surface area contributed by atoms with Gasteiger partial charge in [-0.05, 0) is 12.8 Å². The zero-order valence-electron chi connectivity index (χ0n) is 6.06. The van der Waals surface area contributed by atoms with Crippen molar-refractivity contribution in [1.82, 2.24) is 4.90 Å². The van der Waals surface area contributed by atoms with Crippen LogP contribution in [0.4, 0.5) is 13.2 Å². The molecule has 1 saturated heterocycles. The molecule has 1 aliphatic rings. The van der Waals surface area contributed by atoms with E-state index in [-0.39, 0.29) is 19.1 Å². The van der Waals surface area contributed by atoms with E-state index in [9.17, 15) is 13.2 Å². The van der Waals surface area contributed by atoms with Crippen molar-refractivity contribution < 1.29 is 13.2 Å². The van der Waals surface area contributed by atoms with E-state index in [1.807, 2.05) is 0 Å². The molecule has 0 aliphatic carbocycles. The molecule has 0 aromatic carbocycles. The third-order valence-electron chi connectivity index (χ3n) is 1.82. The molecule has 0 saturated carbocycles. The fourth-order valence-corrected chi connectivity index (χ4v) is 1.24. The molecule has 1 fully saturated rings. The second-order valence-electron chi connectivity index (χ2n) is 2.82. The molecule has 0 bridgehead atoms. The van der Waals surface area contributed by atoms with E-state index in [1.54, 1.807) is 0 Å². The second-order valence-corrected chi connectivity index (χ2v) is 2.82. The van der Waals surface area contributed by atoms with E-state index in [0.29, 0.717) is 17.7 Å². The fourth-order valence-electron chi connectivity index (χ4n) is 1.24. The number of nitrogens with two attached hydrogens (primary N) is 1. The van der Waals surface area contributed by atoms with Crippen LogP contribution in [0.3, 0.4) is 0 Å². The third-order valence-corrected chi connectivity index (χ3v) is 1.82. The highest BCUT2D eigenvalue weighted by atomic mass is 19.4. The summed E-state index contributed by atoms with van der Waals surface area (Å²) in [6.45, 7) is 0.0424. The monoisotopic (exact) mass is 168 g/mol. The number of hydrogen-bond acceptors (Lipinski definition) is 2. The predicted molar refractivity (Wildman–Crippen MR) is 34.8 cm³/mol. The standard InChI is InChI=1S/C6H11F3N2/c7-6(8,9)11-3-1-2-5(10)4-11/h5H,1-4,10H2/t5-/m0/s1. The Balaban J connectivity index is 2.46. The van der Waals surface area contributed by atoms with Crippen molar-refractivity contribution in [3.63, 3.8) is 0 Å². The maximum absolute atomic E-state index is 12.0. The van der Waals surface area contributed by atoms with E-state index in [1.165, 1.54) is 0 Å². The molecular formula is C6H11F3N2. The van der Waals surface area contributed by atoms with Crippen LogP contribution in [0.1, 0.15) is 12.8 Å². The summed E-state index contributed by atoms with van der Waals surface area (Å²) < 4.78 is 36.0. The van der Waals surface area contributed by atoms with Crippen molar-refractivity contribution in [2.45, 2.75) is 25.2 Å². The van der Waals surface area contributed by atoms with E-state index in [2.05, 4.69) is 0 Å². The van der Waals surface area contributed by atoms with Crippen LogP contribution in [0, 0.1) is 0 Å². The molecule has 5 heteroatoms. The molecule has 1 rings (SSSR count). The van der Waals surface area contributed by atoms with Gasteiger partial charge >= 0.3 is 6.30 Å². The van der Waals surface area contributed by atoms with E-state index >= 15 is 0 Å². The van der Waals surface area contributed by atoms with Crippen molar-refractivity contribution in [3.8, 4) is 0 Å². The fraction of sp³-hybridized carbons (Fsp3) is 1.00. The van der Waals surface area contributed by atoms with Gasteiger partial charge in [0.1, 0.15) is 0 Å². The molecular weight excluding hydrogens is 157 g/mol. The molecule has 66 valence electrons. The van der Waals surface area contributed by atoms with Crippen LogP contribution in [-0.2, 0) is 0 Å². The first-order chi connectivity index (χ1) is 5.00. The summed E-state index contributed by atoms with van der Waals surface area (Å²) in [6, 6.07) is -0.314. The Morgan fingerprint density at radius 1 is 1.36 bits per heavy atom. The molecule has 2 N–H and O–H groups in total. The molecule has 1 aliphatic heterocycles. The largest absolute Gasteiger partial charge is 0.459 e. The van der Waals surface area contributed by atoms with Gasteiger partial charge in [0.15, 0.2) is 0 Å². The minimum absolute atomic E-state index is 0.0521. The number of halogens is 3. The van der Waals surface area contributed by atoms with Gasteiger partial charge in [-0.15, -0.1) is 0 Å². The van der Waals surface area contributed by atoms with Gasteiger partial charge in [-0.25, -0.2) is 4.90 Å². The molecule has 2 nitrogen and oxygen atoms in total. The Morgan fingerprint density at radius 3 is 2.36 bits per heavy atom. The van der Waals surface area contributed by atoms with E-state index < -0.39 is 6.30 Å². The van der Waals surface area contributed by atoms with Crippen molar-refractivity contribution in [3.05, 3.63) is 0 Å². The molecule has 0 aromatic rings. The van der Waals surface area contributed by atoms with Gasteiger partial charge in [-0.1, -0.05) is 0 Å². The summed E-state index contributed by atoms with van der Waals surface area (Å²) in [6.07, 6.45) is -2.95. The lowest BCUT2D eigenvalue weighted by Gasteiger charge is -2.31. The predicted octanol–water partition coefficient (Wildman–Crippen LogP) is 0.929. The third kappa shape index (κ3) is 2.34. The average Bonchev–Trinajstić information content (AvgIpc) is 1.86. The van der Waals surface area contributed by atoms with Crippen molar-refractivity contribution in [1.29, 1.82) is 0 Å². The highest BCUT2D eigenvalue weighted by Gasteiger charge is 2.38. The van der Waals surface area contributed by atoms with Gasteiger partial charge in [0.25, 0.3) is 0 Å². The molecule has 0 amide bonds. The first-order valence-electron chi connectivity index (χ1n) is 3.57. The molecule has 0 radical (unpaired) electrons. The van der Waals surface area contributed by atoms with Crippen molar-refractivity contribution in [2.24, 2.45) is 5.73 Å². The van der Waals surface area contributed by atoms with Crippen molar-refractivity contribution in [2.75, 3.05) is 13.1 Å². The van der Waals surface area contributed by atoms with Gasteiger partial charge in [-0.3, -0.25) is 0 Å². The van der Waals surface area contributed by atoms with Gasteiger partial charge < -0.3 is 5.73 Å². The summed E-state index contributed by atoms with van der Waals surface area (Å²) in [7, 11) is 0. The minimum Gasteiger partial charge on any atom is -0.327 e. The summed E-state index contributed by atoms with van der Waals surface area (Å²) >= 11 is 0. The Kier molecular flexibility index (Phi) is 2.39. The number of likely N-dealkylation sites (tertiary alicyclic amines) is 1. The summed E-state index contributed by atoms with van der Waals surface area (Å²) in [5, 5.41) is 0. The van der Waals surface area contributed by atoms with Crippen LogP contribution in [0.25, 0.3) is 0 Å². The van der Waals surface area contributed by atoms with Gasteiger partial charge in [0, 0.05) is 19.1 Å². The Bertz CT molecular complexity index is 134. The number of hydrogen-bond donors (Lipinski definition) is 1. The summed E-state index contributed by atoms with van der Waals surface area (Å²) in [4.78, 5) is 0.473. The first kappa shape index (κ1) is 8.80. The van der Waals surface area contributed by atoms with Gasteiger partial charge in [0.2, 0.25) is 0 Å². The highest BCUT2D eigenvalue weighted by molar-refractivity contribution is 4.75. The van der Waals surface area contributed by atoms with Crippen LogP contribution in [0.5, 0.6) is 0 Å². The van der Waals surface area contributed by atoms with Gasteiger partial charge in [-0.2, -0.15) is 13.2 Å². The van der Waals surface area contributed by atoms with Crippen LogP contribution in [0.2, 0.25) is 0 Å². The van der Waals surface area contributed by atoms with Crippen LogP contribution in [-0.4, -0.2) is 30.3 Å². The second kappa shape index (κ2) is 2.98. The summed E-state index contributed by atoms with van der Waals surface area (Å²) in [5.74, 6) is 0. The minimum atomic E-state index is -4.20. The highest BCUT2D eigenvalue weighted by Crippen LogP contribution is 2.24. The lowest BCUT2D eigenvalue weighted by Crippen LogP contribution is -2.49. The lowest BCUT2D eigenvalue weighted by molar-refractivity contribution is -0.250. The average molecular weight is 168 g/mol. The molecule has 0 unspecified atom stereocenters.